The zero-order chi connectivity index (χ0) is 24.4. The lowest BCUT2D eigenvalue weighted by Crippen LogP contribution is -2.25. The molecule has 176 valence electrons. The van der Waals surface area contributed by atoms with E-state index in [4.69, 9.17) is 16.1 Å². The average Bonchev–Trinajstić information content (AvgIpc) is 3.66. The van der Waals surface area contributed by atoms with E-state index in [0.29, 0.717) is 22.3 Å². The Morgan fingerprint density at radius 3 is 2.77 bits per heavy atom. The van der Waals surface area contributed by atoms with Crippen LogP contribution in [0.2, 0.25) is 4.34 Å². The molecule has 0 amide bonds. The normalized spacial score (nSPS) is 11.0. The smallest absolute Gasteiger partial charge is 0.285 e. The molecule has 0 atom stereocenters. The molecular formula is C22H15ClN6O4S2. The van der Waals surface area contributed by atoms with Crippen molar-refractivity contribution < 1.29 is 14.1 Å². The first kappa shape index (κ1) is 22.9. The van der Waals surface area contributed by atoms with Crippen molar-refractivity contribution in [3.8, 4) is 11.3 Å². The molecule has 0 aliphatic carbocycles. The Morgan fingerprint density at radius 1 is 1.17 bits per heavy atom. The highest BCUT2D eigenvalue weighted by molar-refractivity contribution is 7.16. The highest BCUT2D eigenvalue weighted by atomic mass is 35.5. The number of thiophene rings is 1. The maximum Gasteiger partial charge on any atom is 0.285 e. The largest absolute Gasteiger partial charge is 0.365 e. The van der Waals surface area contributed by atoms with Crippen LogP contribution in [-0.2, 0) is 13.1 Å². The summed E-state index contributed by atoms with van der Waals surface area (Å²) in [6.45, 7) is 0.247. The molecule has 0 saturated carbocycles. The number of aromatic nitrogens is 5. The van der Waals surface area contributed by atoms with Crippen molar-refractivity contribution in [3.63, 3.8) is 0 Å². The molecule has 0 bridgehead atoms. The van der Waals surface area contributed by atoms with Crippen molar-refractivity contribution in [1.82, 2.24) is 23.9 Å². The van der Waals surface area contributed by atoms with Gasteiger partial charge in [0.25, 0.3) is 11.5 Å². The van der Waals surface area contributed by atoms with Crippen molar-refractivity contribution in [2.45, 2.75) is 13.1 Å². The molecule has 0 spiro atoms. The summed E-state index contributed by atoms with van der Waals surface area (Å²) in [6.07, 6.45) is 5.50. The van der Waals surface area contributed by atoms with E-state index in [1.54, 1.807) is 29.6 Å². The minimum absolute atomic E-state index is 0.143. The number of halogens is 1. The Hall–Kier alpha value is -3.87. The average molecular weight is 527 g/mol. The number of nitrogens with one attached hydrogen (secondary N) is 1. The zero-order valence-electron chi connectivity index (χ0n) is 17.8. The molecule has 5 aromatic heterocycles. The van der Waals surface area contributed by atoms with Crippen LogP contribution in [0.15, 0.2) is 69.9 Å². The Balaban J connectivity index is 1.49. The van der Waals surface area contributed by atoms with E-state index in [-0.39, 0.29) is 29.1 Å². The van der Waals surface area contributed by atoms with Gasteiger partial charge in [-0.2, -0.15) is 9.78 Å². The lowest BCUT2D eigenvalue weighted by molar-refractivity contribution is 0.0945. The van der Waals surface area contributed by atoms with E-state index < -0.39 is 11.5 Å². The lowest BCUT2D eigenvalue weighted by Gasteiger charge is -2.06. The summed E-state index contributed by atoms with van der Waals surface area (Å²) in [6, 6.07) is 8.51. The molecular weight excluding hydrogens is 512 g/mol. The molecule has 0 aromatic carbocycles. The molecule has 0 radical (unpaired) electrons. The lowest BCUT2D eigenvalue weighted by atomic mass is 10.2. The summed E-state index contributed by atoms with van der Waals surface area (Å²) in [5, 5.41) is 12.8. The number of Topliss-reactive ketones (excluding diaryl/α,β-unsaturated/α-hetero) is 1. The third kappa shape index (κ3) is 4.85. The second-order valence-electron chi connectivity index (χ2n) is 7.30. The van der Waals surface area contributed by atoms with Gasteiger partial charge in [-0.1, -0.05) is 16.8 Å². The number of ketones is 1. The van der Waals surface area contributed by atoms with Gasteiger partial charge in [0, 0.05) is 22.5 Å². The highest BCUT2D eigenvalue weighted by Gasteiger charge is 2.21. The first-order chi connectivity index (χ1) is 17.0. The van der Waals surface area contributed by atoms with Gasteiger partial charge >= 0.3 is 0 Å². The van der Waals surface area contributed by atoms with Gasteiger partial charge in [-0.05, 0) is 35.8 Å². The zero-order valence-corrected chi connectivity index (χ0v) is 20.1. The molecule has 5 heterocycles. The van der Waals surface area contributed by atoms with E-state index in [2.05, 4.69) is 19.9 Å². The van der Waals surface area contributed by atoms with Gasteiger partial charge < -0.3 is 14.4 Å². The quantitative estimate of drug-likeness (QED) is 0.300. The van der Waals surface area contributed by atoms with Crippen molar-refractivity contribution >= 4 is 52.0 Å². The van der Waals surface area contributed by atoms with Gasteiger partial charge in [0.1, 0.15) is 23.3 Å². The van der Waals surface area contributed by atoms with Crippen LogP contribution in [0.4, 0.5) is 5.82 Å². The van der Waals surface area contributed by atoms with Crippen molar-refractivity contribution in [1.29, 1.82) is 0 Å². The molecule has 35 heavy (non-hydrogen) atoms. The summed E-state index contributed by atoms with van der Waals surface area (Å²) in [5.41, 5.74) is 0.731. The molecule has 0 saturated heterocycles. The van der Waals surface area contributed by atoms with Crippen LogP contribution in [0, 0.1) is 0 Å². The van der Waals surface area contributed by atoms with Crippen molar-refractivity contribution in [2.75, 3.05) is 5.32 Å². The van der Waals surface area contributed by atoms with Crippen LogP contribution in [0.5, 0.6) is 0 Å². The topological polar surface area (TPSA) is 125 Å². The van der Waals surface area contributed by atoms with Crippen molar-refractivity contribution in [3.05, 3.63) is 91.3 Å². The van der Waals surface area contributed by atoms with Gasteiger partial charge in [0.15, 0.2) is 5.78 Å². The van der Waals surface area contributed by atoms with E-state index in [0.717, 1.165) is 9.56 Å². The third-order valence-electron chi connectivity index (χ3n) is 5.02. The van der Waals surface area contributed by atoms with E-state index >= 15 is 0 Å². The minimum atomic E-state index is -0.486. The second kappa shape index (κ2) is 9.78. The van der Waals surface area contributed by atoms with Gasteiger partial charge in [-0.15, -0.1) is 11.3 Å². The first-order valence-corrected chi connectivity index (χ1v) is 12.2. The number of rotatable bonds is 8. The molecule has 1 N–H and O–H groups in total. The molecule has 0 fully saturated rings. The van der Waals surface area contributed by atoms with E-state index in [1.165, 1.54) is 52.3 Å². The molecule has 10 nitrogen and oxygen atoms in total. The number of nitrogens with zero attached hydrogens (tertiary/aromatic N) is 5. The Bertz CT molecular complexity index is 1550. The van der Waals surface area contributed by atoms with Gasteiger partial charge in [-0.3, -0.25) is 14.4 Å². The maximum absolute atomic E-state index is 13.2. The fourth-order valence-electron chi connectivity index (χ4n) is 3.30. The molecule has 5 rings (SSSR count). The number of hydrogen-bond acceptors (Lipinski definition) is 10. The first-order valence-electron chi connectivity index (χ1n) is 10.1. The summed E-state index contributed by atoms with van der Waals surface area (Å²) in [4.78, 5) is 39.6. The fraction of sp³-hybridized carbons (Fsp3) is 0.0909. The Morgan fingerprint density at radius 2 is 2.06 bits per heavy atom. The van der Waals surface area contributed by atoms with Crippen LogP contribution >= 0.6 is 34.5 Å². The molecule has 0 unspecified atom stereocenters. The predicted molar refractivity (Wildman–Crippen MR) is 131 cm³/mol. The standard InChI is InChI=1S/C22H15ClN6O4S2/c23-19-4-3-15(35-19)9-24-20-6-17(27-29(20)21(31)13-7-25-33-11-13)16-2-1-5-28(22(16)32)10-18(30)14-8-26-34-12-14/h1-8,11-12,24H,9-10H2. The highest BCUT2D eigenvalue weighted by Crippen LogP contribution is 2.25. The van der Waals surface area contributed by atoms with Crippen LogP contribution in [0.1, 0.15) is 25.6 Å². The molecule has 13 heteroatoms. The van der Waals surface area contributed by atoms with Gasteiger partial charge in [0.05, 0.1) is 40.9 Å². The number of anilines is 1. The Labute approximate surface area is 210 Å². The van der Waals surface area contributed by atoms with Crippen LogP contribution in [0.3, 0.4) is 0 Å². The molecule has 0 aliphatic heterocycles. The predicted octanol–water partition coefficient (Wildman–Crippen LogP) is 4.05. The number of pyridine rings is 1. The third-order valence-corrected chi connectivity index (χ3v) is 6.84. The summed E-state index contributed by atoms with van der Waals surface area (Å²) in [7, 11) is 0. The van der Waals surface area contributed by atoms with Crippen molar-refractivity contribution in [2.24, 2.45) is 0 Å². The molecule has 5 aromatic rings. The monoisotopic (exact) mass is 526 g/mol. The van der Waals surface area contributed by atoms with Crippen LogP contribution in [0.25, 0.3) is 11.3 Å². The Kier molecular flexibility index (Phi) is 6.40. The van der Waals surface area contributed by atoms with Crippen LogP contribution < -0.4 is 10.9 Å². The van der Waals surface area contributed by atoms with E-state index in [9.17, 15) is 14.4 Å². The fourth-order valence-corrected chi connectivity index (χ4v) is 4.86. The van der Waals surface area contributed by atoms with Crippen LogP contribution in [-0.4, -0.2) is 35.6 Å². The summed E-state index contributed by atoms with van der Waals surface area (Å²) in [5.74, 6) is -0.352. The second-order valence-corrected chi connectivity index (χ2v) is 9.75. The van der Waals surface area contributed by atoms with E-state index in [1.807, 2.05) is 6.07 Å². The number of carbonyl (C=O) groups excluding carboxylic acids is 2. The summed E-state index contributed by atoms with van der Waals surface area (Å²) < 4.78 is 11.8. The minimum Gasteiger partial charge on any atom is -0.365 e. The summed E-state index contributed by atoms with van der Waals surface area (Å²) >= 11 is 8.58. The maximum atomic E-state index is 13.2. The molecule has 0 aliphatic rings. The van der Waals surface area contributed by atoms with Gasteiger partial charge in [-0.25, -0.2) is 4.37 Å². The SMILES string of the molecule is O=C(Cn1cccc(-c2cc(NCc3ccc(Cl)s3)n(C(=O)c3cnoc3)n2)c1=O)c1cnsc1. The number of hydrogen-bond donors (Lipinski definition) is 1. The number of carbonyl (C=O) groups is 2. The van der Waals surface area contributed by atoms with Gasteiger partial charge in [0.2, 0.25) is 0 Å².